The standard InChI is InChI=1S/C21H23N3O3/c1-14-11-15(2)24(23-14)18-8-6-17(7-9-18)21(25)22-13-16-5-10-19(26-3)20(12-16)27-4/h5-12H,13H2,1-4H3,(H,22,25). The van der Waals surface area contributed by atoms with Crippen molar-refractivity contribution in [3.8, 4) is 17.2 Å². The Morgan fingerprint density at radius 3 is 2.30 bits per heavy atom. The highest BCUT2D eigenvalue weighted by Gasteiger charge is 2.09. The number of amides is 1. The molecule has 27 heavy (non-hydrogen) atoms. The molecule has 0 saturated heterocycles. The number of hydrogen-bond donors (Lipinski definition) is 1. The van der Waals surface area contributed by atoms with Crippen molar-refractivity contribution >= 4 is 5.91 Å². The first-order valence-corrected chi connectivity index (χ1v) is 8.64. The number of nitrogens with zero attached hydrogens (tertiary/aromatic N) is 2. The normalized spacial score (nSPS) is 10.5. The fraction of sp³-hybridized carbons (Fsp3) is 0.238. The second-order valence-corrected chi connectivity index (χ2v) is 6.26. The number of nitrogens with one attached hydrogen (secondary N) is 1. The van der Waals surface area contributed by atoms with Gasteiger partial charge in [-0.2, -0.15) is 5.10 Å². The molecular weight excluding hydrogens is 342 g/mol. The van der Waals surface area contributed by atoms with Gasteiger partial charge in [0.2, 0.25) is 0 Å². The lowest BCUT2D eigenvalue weighted by atomic mass is 10.1. The summed E-state index contributed by atoms with van der Waals surface area (Å²) in [6, 6.07) is 15.0. The van der Waals surface area contributed by atoms with E-state index in [-0.39, 0.29) is 5.91 Å². The fourth-order valence-corrected chi connectivity index (χ4v) is 2.92. The summed E-state index contributed by atoms with van der Waals surface area (Å²) in [5, 5.41) is 7.38. The summed E-state index contributed by atoms with van der Waals surface area (Å²) in [4.78, 5) is 12.4. The first kappa shape index (κ1) is 18.5. The minimum absolute atomic E-state index is 0.135. The second kappa shape index (κ2) is 7.95. The van der Waals surface area contributed by atoms with Crippen molar-refractivity contribution in [3.63, 3.8) is 0 Å². The van der Waals surface area contributed by atoms with Gasteiger partial charge in [0.15, 0.2) is 11.5 Å². The van der Waals surface area contributed by atoms with Gasteiger partial charge in [0.05, 0.1) is 25.6 Å². The summed E-state index contributed by atoms with van der Waals surface area (Å²) in [6.07, 6.45) is 0. The Balaban J connectivity index is 1.67. The molecule has 140 valence electrons. The molecule has 0 aliphatic carbocycles. The molecule has 0 saturated carbocycles. The lowest BCUT2D eigenvalue weighted by molar-refractivity contribution is 0.0951. The maximum atomic E-state index is 12.4. The van der Waals surface area contributed by atoms with E-state index in [1.807, 2.05) is 54.9 Å². The maximum Gasteiger partial charge on any atom is 0.251 e. The van der Waals surface area contributed by atoms with Gasteiger partial charge in [0, 0.05) is 17.8 Å². The minimum Gasteiger partial charge on any atom is -0.493 e. The van der Waals surface area contributed by atoms with Gasteiger partial charge in [-0.1, -0.05) is 6.07 Å². The summed E-state index contributed by atoms with van der Waals surface area (Å²) in [7, 11) is 3.18. The van der Waals surface area contributed by atoms with Crippen LogP contribution in [-0.4, -0.2) is 29.9 Å². The highest BCUT2D eigenvalue weighted by Crippen LogP contribution is 2.27. The quantitative estimate of drug-likeness (QED) is 0.727. The van der Waals surface area contributed by atoms with Crippen LogP contribution in [0.2, 0.25) is 0 Å². The van der Waals surface area contributed by atoms with Crippen LogP contribution in [0.1, 0.15) is 27.3 Å². The van der Waals surface area contributed by atoms with Crippen LogP contribution in [0.5, 0.6) is 11.5 Å². The van der Waals surface area contributed by atoms with Crippen LogP contribution >= 0.6 is 0 Å². The van der Waals surface area contributed by atoms with E-state index < -0.39 is 0 Å². The summed E-state index contributed by atoms with van der Waals surface area (Å²) in [6.45, 7) is 4.36. The number of benzene rings is 2. The number of aromatic nitrogens is 2. The van der Waals surface area contributed by atoms with E-state index in [9.17, 15) is 4.79 Å². The van der Waals surface area contributed by atoms with Crippen LogP contribution in [-0.2, 0) is 6.54 Å². The van der Waals surface area contributed by atoms with E-state index in [4.69, 9.17) is 9.47 Å². The number of ether oxygens (including phenoxy) is 2. The van der Waals surface area contributed by atoms with Crippen molar-refractivity contribution in [1.82, 2.24) is 15.1 Å². The van der Waals surface area contributed by atoms with Gasteiger partial charge in [-0.15, -0.1) is 0 Å². The van der Waals surface area contributed by atoms with Gasteiger partial charge < -0.3 is 14.8 Å². The van der Waals surface area contributed by atoms with E-state index in [0.29, 0.717) is 23.6 Å². The Bertz CT molecular complexity index is 946. The number of hydrogen-bond acceptors (Lipinski definition) is 4. The number of aryl methyl sites for hydroxylation is 2. The molecule has 1 heterocycles. The van der Waals surface area contributed by atoms with Crippen LogP contribution in [0, 0.1) is 13.8 Å². The third-order valence-electron chi connectivity index (χ3n) is 4.28. The highest BCUT2D eigenvalue weighted by molar-refractivity contribution is 5.94. The van der Waals surface area contributed by atoms with Gasteiger partial charge >= 0.3 is 0 Å². The third-order valence-corrected chi connectivity index (χ3v) is 4.28. The first-order chi connectivity index (χ1) is 13.0. The third kappa shape index (κ3) is 4.11. The summed E-state index contributed by atoms with van der Waals surface area (Å²) < 4.78 is 12.4. The molecule has 1 N–H and O–H groups in total. The Morgan fingerprint density at radius 1 is 1.00 bits per heavy atom. The molecule has 3 aromatic rings. The Hall–Kier alpha value is -3.28. The van der Waals surface area contributed by atoms with Crippen LogP contribution in [0.15, 0.2) is 48.5 Å². The maximum absolute atomic E-state index is 12.4. The molecule has 2 aromatic carbocycles. The highest BCUT2D eigenvalue weighted by atomic mass is 16.5. The van der Waals surface area contributed by atoms with Crippen molar-refractivity contribution in [1.29, 1.82) is 0 Å². The van der Waals surface area contributed by atoms with Gasteiger partial charge in [-0.25, -0.2) is 4.68 Å². The minimum atomic E-state index is -0.135. The predicted octanol–water partition coefficient (Wildman–Crippen LogP) is 3.44. The summed E-state index contributed by atoms with van der Waals surface area (Å²) in [5.41, 5.74) is 4.47. The largest absolute Gasteiger partial charge is 0.493 e. The molecule has 0 bridgehead atoms. The number of carbonyl (C=O) groups excluding carboxylic acids is 1. The molecule has 0 atom stereocenters. The summed E-state index contributed by atoms with van der Waals surface area (Å²) >= 11 is 0. The monoisotopic (exact) mass is 365 g/mol. The molecule has 3 rings (SSSR count). The molecule has 0 unspecified atom stereocenters. The number of methoxy groups -OCH3 is 2. The number of rotatable bonds is 6. The zero-order chi connectivity index (χ0) is 19.4. The van der Waals surface area contributed by atoms with Crippen molar-refractivity contribution < 1.29 is 14.3 Å². The Morgan fingerprint density at radius 2 is 1.70 bits per heavy atom. The average Bonchev–Trinajstić information content (AvgIpc) is 3.03. The van der Waals surface area contributed by atoms with Crippen LogP contribution in [0.3, 0.4) is 0 Å². The smallest absolute Gasteiger partial charge is 0.251 e. The van der Waals surface area contributed by atoms with Crippen LogP contribution in [0.25, 0.3) is 5.69 Å². The Labute approximate surface area is 158 Å². The van der Waals surface area contributed by atoms with E-state index in [0.717, 1.165) is 22.6 Å². The van der Waals surface area contributed by atoms with E-state index in [2.05, 4.69) is 10.4 Å². The first-order valence-electron chi connectivity index (χ1n) is 8.64. The van der Waals surface area contributed by atoms with Gasteiger partial charge in [-0.3, -0.25) is 4.79 Å². The summed E-state index contributed by atoms with van der Waals surface area (Å²) in [5.74, 6) is 1.16. The molecule has 0 radical (unpaired) electrons. The van der Waals surface area contributed by atoms with Crippen LogP contribution in [0.4, 0.5) is 0 Å². The SMILES string of the molecule is COc1ccc(CNC(=O)c2ccc(-n3nc(C)cc3C)cc2)cc1OC. The van der Waals surface area contributed by atoms with E-state index in [1.54, 1.807) is 26.4 Å². The topological polar surface area (TPSA) is 65.4 Å². The lowest BCUT2D eigenvalue weighted by Crippen LogP contribution is -2.22. The molecule has 0 aliphatic heterocycles. The molecule has 0 aliphatic rings. The molecule has 1 aromatic heterocycles. The second-order valence-electron chi connectivity index (χ2n) is 6.26. The van der Waals surface area contributed by atoms with E-state index in [1.165, 1.54) is 0 Å². The molecular formula is C21H23N3O3. The van der Waals surface area contributed by atoms with Gasteiger partial charge in [0.1, 0.15) is 0 Å². The van der Waals surface area contributed by atoms with Gasteiger partial charge in [0.25, 0.3) is 5.91 Å². The molecule has 6 heteroatoms. The average molecular weight is 365 g/mol. The van der Waals surface area contributed by atoms with Crippen LogP contribution < -0.4 is 14.8 Å². The lowest BCUT2D eigenvalue weighted by Gasteiger charge is -2.11. The molecule has 6 nitrogen and oxygen atoms in total. The van der Waals surface area contributed by atoms with Crippen molar-refractivity contribution in [2.24, 2.45) is 0 Å². The zero-order valence-corrected chi connectivity index (χ0v) is 15.9. The molecule has 0 spiro atoms. The molecule has 0 fully saturated rings. The predicted molar refractivity (Wildman–Crippen MR) is 104 cm³/mol. The number of carbonyl (C=O) groups is 1. The van der Waals surface area contributed by atoms with Crippen molar-refractivity contribution in [2.75, 3.05) is 14.2 Å². The zero-order valence-electron chi connectivity index (χ0n) is 15.9. The fourth-order valence-electron chi connectivity index (χ4n) is 2.92. The Kier molecular flexibility index (Phi) is 5.45. The van der Waals surface area contributed by atoms with Crippen molar-refractivity contribution in [3.05, 3.63) is 71.0 Å². The molecule has 1 amide bonds. The van der Waals surface area contributed by atoms with Gasteiger partial charge in [-0.05, 0) is 61.9 Å². The van der Waals surface area contributed by atoms with E-state index >= 15 is 0 Å². The van der Waals surface area contributed by atoms with Crippen molar-refractivity contribution in [2.45, 2.75) is 20.4 Å².